The molecule has 7 heteroatoms. The minimum Gasteiger partial charge on any atom is -0.457 e. The molecule has 1 aliphatic carbocycles. The van der Waals surface area contributed by atoms with Gasteiger partial charge in [0.1, 0.15) is 29.3 Å². The van der Waals surface area contributed by atoms with Crippen LogP contribution in [0, 0.1) is 0 Å². The predicted molar refractivity (Wildman–Crippen MR) is 142 cm³/mol. The number of nitrogens with zero attached hydrogens (tertiary/aromatic N) is 4. The number of nitrogens with two attached hydrogens (primary N) is 1. The van der Waals surface area contributed by atoms with Crippen LogP contribution in [0.25, 0.3) is 22.2 Å². The van der Waals surface area contributed by atoms with Gasteiger partial charge in [-0.15, -0.1) is 0 Å². The molecule has 0 amide bonds. The average molecular weight is 484 g/mol. The summed E-state index contributed by atoms with van der Waals surface area (Å²) in [5.41, 5.74) is 9.41. The molecule has 2 aromatic heterocycles. The van der Waals surface area contributed by atoms with Crippen molar-refractivity contribution in [1.82, 2.24) is 19.4 Å². The number of para-hydroxylation sites is 1. The Hall–Kier alpha value is -3.42. The van der Waals surface area contributed by atoms with Gasteiger partial charge in [0.15, 0.2) is 0 Å². The molecular formula is C29H33N5O2. The van der Waals surface area contributed by atoms with Crippen LogP contribution in [0.5, 0.6) is 11.5 Å². The van der Waals surface area contributed by atoms with Crippen LogP contribution in [0.2, 0.25) is 0 Å². The highest BCUT2D eigenvalue weighted by molar-refractivity contribution is 6.00. The summed E-state index contributed by atoms with van der Waals surface area (Å²) in [5, 5.41) is 10.7. The molecule has 0 radical (unpaired) electrons. The summed E-state index contributed by atoms with van der Waals surface area (Å²) in [4.78, 5) is 11.5. The lowest BCUT2D eigenvalue weighted by molar-refractivity contribution is 0.0891. The first-order chi connectivity index (χ1) is 17.7. The third-order valence-corrected chi connectivity index (χ3v) is 7.94. The van der Waals surface area contributed by atoms with Crippen LogP contribution in [-0.4, -0.2) is 49.8 Å². The van der Waals surface area contributed by atoms with E-state index in [9.17, 15) is 5.11 Å². The summed E-state index contributed by atoms with van der Waals surface area (Å²) in [6, 6.07) is 19.2. The molecule has 36 heavy (non-hydrogen) atoms. The Balaban J connectivity index is 1.25. The predicted octanol–water partition coefficient (Wildman–Crippen LogP) is 5.41. The molecule has 2 fully saturated rings. The highest BCUT2D eigenvalue weighted by atomic mass is 16.5. The molecule has 0 unspecified atom stereocenters. The lowest BCUT2D eigenvalue weighted by atomic mass is 9.89. The average Bonchev–Trinajstić information content (AvgIpc) is 3.56. The number of hydrogen-bond donors (Lipinski definition) is 2. The molecule has 2 aromatic carbocycles. The lowest BCUT2D eigenvalue weighted by Crippen LogP contribution is -2.42. The molecular weight excluding hydrogens is 450 g/mol. The van der Waals surface area contributed by atoms with Gasteiger partial charge in [-0.1, -0.05) is 30.3 Å². The second kappa shape index (κ2) is 9.91. The van der Waals surface area contributed by atoms with Crippen molar-refractivity contribution in [3.8, 4) is 22.6 Å². The minimum absolute atomic E-state index is 0.275. The highest BCUT2D eigenvalue weighted by Gasteiger charge is 2.34. The Labute approximate surface area is 211 Å². The molecule has 1 saturated carbocycles. The monoisotopic (exact) mass is 483 g/mol. The summed E-state index contributed by atoms with van der Waals surface area (Å²) < 4.78 is 8.29. The van der Waals surface area contributed by atoms with Gasteiger partial charge in [-0.25, -0.2) is 9.97 Å². The van der Waals surface area contributed by atoms with E-state index in [1.54, 1.807) is 6.33 Å². The smallest absolute Gasteiger partial charge is 0.146 e. The van der Waals surface area contributed by atoms with Crippen LogP contribution in [0.1, 0.15) is 44.6 Å². The summed E-state index contributed by atoms with van der Waals surface area (Å²) in [6.45, 7) is 1.39. The standard InChI is InChI=1S/C29H33N5O2/c30-28-27-26(20-8-14-25(15-9-20)36-24-6-2-1-3-7-24)17-34(29(27)32-19-31-28)22-12-10-21(11-13-22)33-16-4-5-23(33)18-35/h1-3,6-9,14-15,17,19,21-23,35H,4-5,10-13,16,18H2,(H2,30,31,32)/t21-,22-,23-/m1/s1. The van der Waals surface area contributed by atoms with Crippen LogP contribution >= 0.6 is 0 Å². The van der Waals surface area contributed by atoms with Gasteiger partial charge in [0.2, 0.25) is 0 Å². The first-order valence-electron chi connectivity index (χ1n) is 13.0. The number of aliphatic hydroxyl groups is 1. The fourth-order valence-corrected chi connectivity index (χ4v) is 6.14. The third-order valence-electron chi connectivity index (χ3n) is 7.94. The lowest BCUT2D eigenvalue weighted by Gasteiger charge is -2.38. The van der Waals surface area contributed by atoms with E-state index in [4.69, 9.17) is 10.5 Å². The molecule has 2 aliphatic rings. The van der Waals surface area contributed by atoms with E-state index in [0.717, 1.165) is 72.3 Å². The van der Waals surface area contributed by atoms with Gasteiger partial charge in [-0.3, -0.25) is 4.90 Å². The van der Waals surface area contributed by atoms with Crippen molar-refractivity contribution >= 4 is 16.9 Å². The Bertz CT molecular complexity index is 1310. The zero-order chi connectivity index (χ0) is 24.5. The van der Waals surface area contributed by atoms with Gasteiger partial charge in [0, 0.05) is 29.9 Å². The van der Waals surface area contributed by atoms with E-state index < -0.39 is 0 Å². The number of likely N-dealkylation sites (tertiary alicyclic amines) is 1. The Morgan fingerprint density at radius 1 is 0.889 bits per heavy atom. The number of hydrogen-bond acceptors (Lipinski definition) is 6. The number of anilines is 1. The fourth-order valence-electron chi connectivity index (χ4n) is 6.14. The van der Waals surface area contributed by atoms with E-state index in [1.807, 2.05) is 42.5 Å². The second-order valence-electron chi connectivity index (χ2n) is 10.0. The Morgan fingerprint density at radius 2 is 1.61 bits per heavy atom. The van der Waals surface area contributed by atoms with Crippen LogP contribution in [0.3, 0.4) is 0 Å². The number of aliphatic hydroxyl groups excluding tert-OH is 1. The Kier molecular flexibility index (Phi) is 6.34. The van der Waals surface area contributed by atoms with Crippen molar-refractivity contribution in [2.24, 2.45) is 0 Å². The number of benzene rings is 2. The fraction of sp³-hybridized carbons (Fsp3) is 0.379. The molecule has 1 atom stereocenters. The molecule has 186 valence electrons. The second-order valence-corrected chi connectivity index (χ2v) is 10.0. The van der Waals surface area contributed by atoms with Gasteiger partial charge in [-0.05, 0) is 74.9 Å². The van der Waals surface area contributed by atoms with Crippen molar-refractivity contribution < 1.29 is 9.84 Å². The van der Waals surface area contributed by atoms with E-state index in [1.165, 1.54) is 6.42 Å². The highest BCUT2D eigenvalue weighted by Crippen LogP contribution is 2.40. The molecule has 3 N–H and O–H groups in total. The maximum Gasteiger partial charge on any atom is 0.146 e. The van der Waals surface area contributed by atoms with E-state index in [-0.39, 0.29) is 6.61 Å². The molecule has 1 aliphatic heterocycles. The molecule has 0 bridgehead atoms. The SMILES string of the molecule is Nc1ncnc2c1c(-c1ccc(Oc3ccccc3)cc1)cn2[C@H]1CC[C@H](N2CCC[C@@H]2CO)CC1. The zero-order valence-corrected chi connectivity index (χ0v) is 20.5. The maximum atomic E-state index is 9.76. The summed E-state index contributed by atoms with van der Waals surface area (Å²) in [5.74, 6) is 2.11. The first kappa shape index (κ1) is 23.0. The number of rotatable bonds is 6. The number of ether oxygens (including phenoxy) is 1. The molecule has 7 nitrogen and oxygen atoms in total. The van der Waals surface area contributed by atoms with Gasteiger partial charge < -0.3 is 20.1 Å². The molecule has 6 rings (SSSR count). The van der Waals surface area contributed by atoms with Gasteiger partial charge >= 0.3 is 0 Å². The number of nitrogen functional groups attached to an aromatic ring is 1. The third kappa shape index (κ3) is 4.33. The maximum absolute atomic E-state index is 9.76. The summed E-state index contributed by atoms with van der Waals surface area (Å²) in [7, 11) is 0. The number of aromatic nitrogens is 3. The van der Waals surface area contributed by atoms with E-state index >= 15 is 0 Å². The topological polar surface area (TPSA) is 89.4 Å². The normalized spacial score (nSPS) is 22.8. The molecule has 0 spiro atoms. The van der Waals surface area contributed by atoms with Gasteiger partial charge in [0.25, 0.3) is 0 Å². The van der Waals surface area contributed by atoms with Crippen molar-refractivity contribution in [3.05, 3.63) is 67.1 Å². The summed E-state index contributed by atoms with van der Waals surface area (Å²) in [6.07, 6.45) is 10.6. The quantitative estimate of drug-likeness (QED) is 0.381. The van der Waals surface area contributed by atoms with Gasteiger partial charge in [0.05, 0.1) is 12.0 Å². The van der Waals surface area contributed by atoms with Crippen molar-refractivity contribution in [1.29, 1.82) is 0 Å². The van der Waals surface area contributed by atoms with Gasteiger partial charge in [-0.2, -0.15) is 0 Å². The van der Waals surface area contributed by atoms with Crippen LogP contribution in [0.4, 0.5) is 5.82 Å². The van der Waals surface area contributed by atoms with Crippen LogP contribution in [0.15, 0.2) is 67.1 Å². The largest absolute Gasteiger partial charge is 0.457 e. The first-order valence-corrected chi connectivity index (χ1v) is 13.0. The number of fused-ring (bicyclic) bond motifs is 1. The van der Waals surface area contributed by atoms with Crippen molar-refractivity contribution in [2.75, 3.05) is 18.9 Å². The van der Waals surface area contributed by atoms with Crippen molar-refractivity contribution in [2.45, 2.75) is 56.7 Å². The minimum atomic E-state index is 0.275. The van der Waals surface area contributed by atoms with Crippen LogP contribution < -0.4 is 10.5 Å². The molecule has 4 aromatic rings. The van der Waals surface area contributed by atoms with Crippen LogP contribution in [-0.2, 0) is 0 Å². The van der Waals surface area contributed by atoms with Crippen molar-refractivity contribution in [3.63, 3.8) is 0 Å². The zero-order valence-electron chi connectivity index (χ0n) is 20.5. The molecule has 1 saturated heterocycles. The molecule has 3 heterocycles. The van der Waals surface area contributed by atoms with E-state index in [0.29, 0.717) is 23.9 Å². The summed E-state index contributed by atoms with van der Waals surface area (Å²) >= 11 is 0. The Morgan fingerprint density at radius 3 is 2.36 bits per heavy atom. The van der Waals surface area contributed by atoms with E-state index in [2.05, 4.69) is 37.8 Å².